The molecule has 0 radical (unpaired) electrons. The molecule has 30 heavy (non-hydrogen) atoms. The van der Waals surface area contributed by atoms with Crippen molar-refractivity contribution in [2.45, 2.75) is 38.5 Å². The van der Waals surface area contributed by atoms with Crippen molar-refractivity contribution < 1.29 is 14.3 Å². The van der Waals surface area contributed by atoms with E-state index in [1.807, 2.05) is 19.1 Å². The molecule has 1 fully saturated rings. The van der Waals surface area contributed by atoms with Crippen molar-refractivity contribution >= 4 is 23.2 Å². The van der Waals surface area contributed by atoms with Crippen molar-refractivity contribution in [2.24, 2.45) is 5.92 Å². The number of rotatable bonds is 4. The van der Waals surface area contributed by atoms with Crippen LogP contribution in [-0.2, 0) is 9.53 Å². The molecule has 0 bridgehead atoms. The normalized spacial score (nSPS) is 22.6. The molecule has 0 saturated carbocycles. The Hall–Kier alpha value is -3.37. The monoisotopic (exact) mass is 404 g/mol. The maximum atomic E-state index is 12.8. The van der Waals surface area contributed by atoms with E-state index in [0.717, 1.165) is 17.7 Å². The highest BCUT2D eigenvalue weighted by Crippen LogP contribution is 2.45. The zero-order valence-corrected chi connectivity index (χ0v) is 16.9. The van der Waals surface area contributed by atoms with Gasteiger partial charge in [0.2, 0.25) is 5.91 Å². The summed E-state index contributed by atoms with van der Waals surface area (Å²) < 4.78 is 6.00. The molecule has 2 aromatic rings. The fourth-order valence-corrected chi connectivity index (χ4v) is 4.36. The lowest BCUT2D eigenvalue weighted by Crippen LogP contribution is -2.51. The van der Waals surface area contributed by atoms with E-state index in [1.165, 1.54) is 6.92 Å². The Kier molecular flexibility index (Phi) is 5.42. The molecular weight excluding hydrogens is 380 g/mol. The van der Waals surface area contributed by atoms with Crippen LogP contribution in [0.2, 0.25) is 0 Å². The van der Waals surface area contributed by atoms with Gasteiger partial charge in [-0.05, 0) is 55.8 Å². The van der Waals surface area contributed by atoms with Crippen molar-refractivity contribution in [3.05, 3.63) is 59.2 Å². The summed E-state index contributed by atoms with van der Waals surface area (Å²) in [5, 5.41) is 18.6. The lowest BCUT2D eigenvalue weighted by molar-refractivity contribution is -0.114. The van der Waals surface area contributed by atoms with Gasteiger partial charge in [0.1, 0.15) is 0 Å². The number of nitrogens with one attached hydrogen (secondary N) is 3. The van der Waals surface area contributed by atoms with Gasteiger partial charge in [-0.2, -0.15) is 5.26 Å². The lowest BCUT2D eigenvalue weighted by atomic mass is 9.81. The number of hydrogen-bond donors (Lipinski definition) is 3. The van der Waals surface area contributed by atoms with Crippen LogP contribution in [0.15, 0.2) is 42.5 Å². The summed E-state index contributed by atoms with van der Waals surface area (Å²) in [6.07, 6.45) is 0.820. The summed E-state index contributed by atoms with van der Waals surface area (Å²) >= 11 is 0. The fraction of sp³-hybridized carbons (Fsp3) is 0.348. The molecule has 3 N–H and O–H groups in total. The molecule has 4 unspecified atom stereocenters. The Morgan fingerprint density at radius 1 is 1.23 bits per heavy atom. The first-order chi connectivity index (χ1) is 14.5. The molecule has 2 aliphatic rings. The van der Waals surface area contributed by atoms with Crippen LogP contribution in [-0.4, -0.2) is 30.5 Å². The Balaban J connectivity index is 1.49. The maximum absolute atomic E-state index is 12.8. The first-order valence-corrected chi connectivity index (χ1v) is 10.1. The largest absolute Gasteiger partial charge is 0.380 e. The number of amides is 2. The molecule has 0 spiro atoms. The zero-order chi connectivity index (χ0) is 21.3. The molecule has 1 saturated heterocycles. The molecule has 2 aliphatic heterocycles. The maximum Gasteiger partial charge on any atom is 0.251 e. The van der Waals surface area contributed by atoms with E-state index in [9.17, 15) is 14.9 Å². The molecule has 7 heteroatoms. The number of nitrogens with zero attached hydrogens (tertiary/aromatic N) is 1. The van der Waals surface area contributed by atoms with Crippen LogP contribution in [0, 0.1) is 17.2 Å². The number of carbonyl (C=O) groups is 2. The first kappa shape index (κ1) is 19.9. The summed E-state index contributed by atoms with van der Waals surface area (Å²) in [7, 11) is 0. The minimum absolute atomic E-state index is 0.0144. The second-order valence-electron chi connectivity index (χ2n) is 7.85. The van der Waals surface area contributed by atoms with Gasteiger partial charge in [0.25, 0.3) is 5.91 Å². The number of carbonyl (C=O) groups excluding carboxylic acids is 2. The van der Waals surface area contributed by atoms with Crippen molar-refractivity contribution in [1.82, 2.24) is 5.32 Å². The summed E-state index contributed by atoms with van der Waals surface area (Å²) in [6, 6.07) is 14.5. The highest BCUT2D eigenvalue weighted by atomic mass is 16.5. The van der Waals surface area contributed by atoms with Crippen LogP contribution < -0.4 is 16.0 Å². The summed E-state index contributed by atoms with van der Waals surface area (Å²) in [5.74, 6) is -0.108. The highest BCUT2D eigenvalue weighted by Gasteiger charge is 2.43. The standard InChI is InChI=1S/C23H24N4O3/c1-13(25-23(29)16-4-6-17(7-5-16)26-14(2)28)21-18-9-10-30-22(18)19-11-15(12-24)3-8-20(19)27-21/h3-8,11,13,18,21-22,27H,9-10H2,1-2H3,(H,25,29)(H,26,28). The molecule has 2 amide bonds. The van der Waals surface area contributed by atoms with E-state index >= 15 is 0 Å². The van der Waals surface area contributed by atoms with Crippen LogP contribution >= 0.6 is 0 Å². The van der Waals surface area contributed by atoms with Crippen LogP contribution in [0.1, 0.15) is 47.9 Å². The number of fused-ring (bicyclic) bond motifs is 3. The van der Waals surface area contributed by atoms with Gasteiger partial charge >= 0.3 is 0 Å². The predicted molar refractivity (Wildman–Crippen MR) is 113 cm³/mol. The third-order valence-corrected chi connectivity index (χ3v) is 5.77. The number of anilines is 2. The SMILES string of the molecule is CC(=O)Nc1ccc(C(=O)NC(C)C2Nc3ccc(C#N)cc3C3OCCC32)cc1. The van der Waals surface area contributed by atoms with Crippen LogP contribution in [0.5, 0.6) is 0 Å². The van der Waals surface area contributed by atoms with E-state index in [2.05, 4.69) is 22.0 Å². The molecule has 2 heterocycles. The molecule has 2 aromatic carbocycles. The van der Waals surface area contributed by atoms with Crippen LogP contribution in [0.25, 0.3) is 0 Å². The van der Waals surface area contributed by atoms with E-state index in [-0.39, 0.29) is 35.9 Å². The Labute approximate surface area is 175 Å². The van der Waals surface area contributed by atoms with Crippen LogP contribution in [0.3, 0.4) is 0 Å². The summed E-state index contributed by atoms with van der Waals surface area (Å²) in [4.78, 5) is 23.9. The third-order valence-electron chi connectivity index (χ3n) is 5.77. The van der Waals surface area contributed by atoms with Crippen molar-refractivity contribution in [3.8, 4) is 6.07 Å². The topological polar surface area (TPSA) is 103 Å². The average molecular weight is 404 g/mol. The smallest absolute Gasteiger partial charge is 0.251 e. The van der Waals surface area contributed by atoms with E-state index in [1.54, 1.807) is 30.3 Å². The van der Waals surface area contributed by atoms with Gasteiger partial charge in [0.05, 0.1) is 23.8 Å². The minimum Gasteiger partial charge on any atom is -0.380 e. The van der Waals surface area contributed by atoms with E-state index < -0.39 is 0 Å². The molecule has 4 rings (SSSR count). The van der Waals surface area contributed by atoms with Gasteiger partial charge in [0.15, 0.2) is 0 Å². The lowest BCUT2D eigenvalue weighted by Gasteiger charge is -2.39. The number of nitriles is 1. The van der Waals surface area contributed by atoms with Crippen molar-refractivity contribution in [1.29, 1.82) is 5.26 Å². The van der Waals surface area contributed by atoms with Crippen molar-refractivity contribution in [2.75, 3.05) is 17.2 Å². The highest BCUT2D eigenvalue weighted by molar-refractivity contribution is 5.95. The molecule has 7 nitrogen and oxygen atoms in total. The minimum atomic E-state index is -0.167. The van der Waals surface area contributed by atoms with Crippen molar-refractivity contribution in [3.63, 3.8) is 0 Å². The average Bonchev–Trinajstić information content (AvgIpc) is 3.23. The molecular formula is C23H24N4O3. The Morgan fingerprint density at radius 2 is 2.00 bits per heavy atom. The third kappa shape index (κ3) is 3.87. The molecule has 0 aliphatic carbocycles. The van der Waals surface area contributed by atoms with Gasteiger partial charge < -0.3 is 20.7 Å². The Bertz CT molecular complexity index is 1010. The molecule has 0 aromatic heterocycles. The number of hydrogen-bond acceptors (Lipinski definition) is 5. The van der Waals surface area contributed by atoms with Gasteiger partial charge in [-0.15, -0.1) is 0 Å². The van der Waals surface area contributed by atoms with Gasteiger partial charge in [0, 0.05) is 48.0 Å². The second-order valence-corrected chi connectivity index (χ2v) is 7.85. The second kappa shape index (κ2) is 8.17. The van der Waals surface area contributed by atoms with E-state index in [4.69, 9.17) is 4.74 Å². The van der Waals surface area contributed by atoms with Crippen LogP contribution in [0.4, 0.5) is 11.4 Å². The fourth-order valence-electron chi connectivity index (χ4n) is 4.36. The van der Waals surface area contributed by atoms with Gasteiger partial charge in [-0.25, -0.2) is 0 Å². The van der Waals surface area contributed by atoms with E-state index in [0.29, 0.717) is 23.4 Å². The van der Waals surface area contributed by atoms with Gasteiger partial charge in [-0.3, -0.25) is 9.59 Å². The first-order valence-electron chi connectivity index (χ1n) is 10.1. The Morgan fingerprint density at radius 3 is 2.70 bits per heavy atom. The zero-order valence-electron chi connectivity index (χ0n) is 16.9. The quantitative estimate of drug-likeness (QED) is 0.726. The summed E-state index contributed by atoms with van der Waals surface area (Å²) in [6.45, 7) is 4.10. The molecule has 4 atom stereocenters. The van der Waals surface area contributed by atoms with Gasteiger partial charge in [-0.1, -0.05) is 0 Å². The molecule has 154 valence electrons. The predicted octanol–water partition coefficient (Wildman–Crippen LogP) is 3.21. The number of ether oxygens (including phenoxy) is 1. The number of benzene rings is 2. The summed E-state index contributed by atoms with van der Waals surface area (Å²) in [5.41, 5.74) is 3.76.